The zero-order valence-corrected chi connectivity index (χ0v) is 15.7. The van der Waals surface area contributed by atoms with E-state index in [2.05, 4.69) is 15.3 Å². The van der Waals surface area contributed by atoms with Gasteiger partial charge in [0, 0.05) is 12.2 Å². The summed E-state index contributed by atoms with van der Waals surface area (Å²) in [4.78, 5) is 19.8. The average molecular weight is 408 g/mol. The van der Waals surface area contributed by atoms with Gasteiger partial charge in [-0.2, -0.15) is 0 Å². The maximum Gasteiger partial charge on any atom is 0.191 e. The van der Waals surface area contributed by atoms with E-state index in [0.717, 1.165) is 17.2 Å². The Morgan fingerprint density at radius 2 is 2.15 bits per heavy atom. The Labute approximate surface area is 159 Å². The summed E-state index contributed by atoms with van der Waals surface area (Å²) in [6, 6.07) is -0.913. The predicted octanol–water partition coefficient (Wildman–Crippen LogP) is 0.574. The van der Waals surface area contributed by atoms with Gasteiger partial charge in [-0.25, -0.2) is 15.0 Å². The van der Waals surface area contributed by atoms with Gasteiger partial charge >= 0.3 is 0 Å². The lowest BCUT2D eigenvalue weighted by atomic mass is 10.2. The number of ether oxygens (including phenoxy) is 1. The molecule has 1 aromatic rings. The van der Waals surface area contributed by atoms with Gasteiger partial charge in [-0.05, 0) is 6.42 Å². The minimum absolute atomic E-state index is 0.00500. The molecule has 1 aliphatic rings. The molecule has 10 nitrogen and oxygen atoms in total. The van der Waals surface area contributed by atoms with Gasteiger partial charge in [-0.1, -0.05) is 30.3 Å². The van der Waals surface area contributed by atoms with Crippen molar-refractivity contribution in [2.45, 2.75) is 49.3 Å². The molecule has 0 aliphatic heterocycles. The molecule has 146 valence electrons. The second kappa shape index (κ2) is 9.62. The van der Waals surface area contributed by atoms with Crippen LogP contribution in [0.25, 0.3) is 0 Å². The van der Waals surface area contributed by atoms with Crippen LogP contribution in [-0.4, -0.2) is 68.6 Å². The number of hydrogen-bond acceptors (Lipinski definition) is 10. The summed E-state index contributed by atoms with van der Waals surface area (Å²) in [6.07, 6.45) is -2.36. The third-order valence-corrected chi connectivity index (χ3v) is 5.28. The van der Waals surface area contributed by atoms with Crippen LogP contribution < -0.4 is 10.7 Å². The van der Waals surface area contributed by atoms with Crippen molar-refractivity contribution in [1.29, 1.82) is 0 Å². The van der Waals surface area contributed by atoms with E-state index in [4.69, 9.17) is 27.2 Å². The molecule has 0 bridgehead atoms. The summed E-state index contributed by atoms with van der Waals surface area (Å²) in [5.74, 6) is 0.716. The van der Waals surface area contributed by atoms with Crippen LogP contribution in [0, 0.1) is 4.91 Å². The molecular formula is C14H22ClN5O5S. The molecule has 0 radical (unpaired) electrons. The standard InChI is InChI=1S/C14H22ClN5O5S/c1-2-5-26-14-17-12(15)9(16)13(18-14)20(19-24)7-6-8(25-4-3-21)11(23)10(7)22/h7-8,10-11,21-23H,2-6,16H2,1H3. The second-order valence-electron chi connectivity index (χ2n) is 5.73. The molecule has 5 N–H and O–H groups in total. The van der Waals surface area contributed by atoms with Crippen LogP contribution in [0.4, 0.5) is 11.5 Å². The van der Waals surface area contributed by atoms with Crippen molar-refractivity contribution in [3.8, 4) is 0 Å². The van der Waals surface area contributed by atoms with E-state index < -0.39 is 24.4 Å². The van der Waals surface area contributed by atoms with E-state index in [1.54, 1.807) is 0 Å². The predicted molar refractivity (Wildman–Crippen MR) is 98.0 cm³/mol. The monoisotopic (exact) mass is 407 g/mol. The topological polar surface area (TPSA) is 154 Å². The van der Waals surface area contributed by atoms with Crippen molar-refractivity contribution in [3.05, 3.63) is 10.1 Å². The summed E-state index contributed by atoms with van der Waals surface area (Å²) in [5.41, 5.74) is 5.86. The number of nitrogens with two attached hydrogens (primary N) is 1. The molecule has 1 heterocycles. The third kappa shape index (κ3) is 4.53. The number of aliphatic hydroxyl groups excluding tert-OH is 3. The molecule has 1 aromatic heterocycles. The van der Waals surface area contributed by atoms with Crippen molar-refractivity contribution in [2.75, 3.05) is 29.7 Å². The zero-order valence-electron chi connectivity index (χ0n) is 14.2. The van der Waals surface area contributed by atoms with Gasteiger partial charge in [0.25, 0.3) is 0 Å². The van der Waals surface area contributed by atoms with Gasteiger partial charge in [-0.15, -0.1) is 4.91 Å². The minimum Gasteiger partial charge on any atom is -0.394 e. The first-order valence-electron chi connectivity index (χ1n) is 8.11. The third-order valence-electron chi connectivity index (χ3n) is 3.93. The Morgan fingerprint density at radius 3 is 2.77 bits per heavy atom. The Balaban J connectivity index is 2.30. The molecule has 4 unspecified atom stereocenters. The fraction of sp³-hybridized carbons (Fsp3) is 0.714. The van der Waals surface area contributed by atoms with E-state index >= 15 is 0 Å². The van der Waals surface area contributed by atoms with Crippen LogP contribution in [0.5, 0.6) is 0 Å². The van der Waals surface area contributed by atoms with Crippen molar-refractivity contribution >= 4 is 34.9 Å². The lowest BCUT2D eigenvalue weighted by Crippen LogP contribution is -2.41. The van der Waals surface area contributed by atoms with E-state index in [-0.39, 0.29) is 36.3 Å². The molecule has 4 atom stereocenters. The highest BCUT2D eigenvalue weighted by Gasteiger charge is 2.46. The van der Waals surface area contributed by atoms with Gasteiger partial charge in [0.1, 0.15) is 17.9 Å². The van der Waals surface area contributed by atoms with Gasteiger partial charge in [-0.3, -0.25) is 0 Å². The summed E-state index contributed by atoms with van der Waals surface area (Å²) in [6.45, 7) is 1.76. The number of nitrogen functional groups attached to an aromatic ring is 1. The maximum absolute atomic E-state index is 11.5. The highest BCUT2D eigenvalue weighted by atomic mass is 35.5. The van der Waals surface area contributed by atoms with E-state index in [1.165, 1.54) is 11.8 Å². The van der Waals surface area contributed by atoms with E-state index in [9.17, 15) is 15.1 Å². The number of nitroso groups, excluding NO2 is 1. The summed E-state index contributed by atoms with van der Waals surface area (Å²) in [7, 11) is 0. The fourth-order valence-electron chi connectivity index (χ4n) is 2.68. The van der Waals surface area contributed by atoms with E-state index in [0.29, 0.717) is 5.16 Å². The number of aliphatic hydroxyl groups is 3. The largest absolute Gasteiger partial charge is 0.394 e. The average Bonchev–Trinajstić information content (AvgIpc) is 2.91. The minimum atomic E-state index is -1.32. The quantitative estimate of drug-likeness (QED) is 0.150. The highest BCUT2D eigenvalue weighted by molar-refractivity contribution is 7.99. The molecule has 2 rings (SSSR count). The van der Waals surface area contributed by atoms with Crippen LogP contribution in [0.15, 0.2) is 10.4 Å². The summed E-state index contributed by atoms with van der Waals surface area (Å²) in [5, 5.41) is 33.4. The summed E-state index contributed by atoms with van der Waals surface area (Å²) < 4.78 is 5.30. The molecule has 0 saturated heterocycles. The smallest absolute Gasteiger partial charge is 0.191 e. The van der Waals surface area contributed by atoms with Crippen LogP contribution >= 0.6 is 23.4 Å². The number of thioether (sulfide) groups is 1. The number of nitrogens with zero attached hydrogens (tertiary/aromatic N) is 4. The Bertz CT molecular complexity index is 628. The first kappa shape index (κ1) is 21.1. The van der Waals surface area contributed by atoms with Gasteiger partial charge in [0.2, 0.25) is 0 Å². The van der Waals surface area contributed by atoms with Gasteiger partial charge < -0.3 is 25.8 Å². The Kier molecular flexibility index (Phi) is 7.80. The molecule has 26 heavy (non-hydrogen) atoms. The molecule has 1 fully saturated rings. The molecule has 1 aliphatic carbocycles. The zero-order chi connectivity index (χ0) is 19.3. The lowest BCUT2D eigenvalue weighted by Gasteiger charge is -2.25. The second-order valence-corrected chi connectivity index (χ2v) is 7.15. The molecule has 12 heteroatoms. The van der Waals surface area contributed by atoms with Crippen LogP contribution in [0.3, 0.4) is 0 Å². The van der Waals surface area contributed by atoms with Gasteiger partial charge in [0.15, 0.2) is 16.1 Å². The van der Waals surface area contributed by atoms with Crippen LogP contribution in [0.2, 0.25) is 5.15 Å². The van der Waals surface area contributed by atoms with Crippen molar-refractivity contribution in [1.82, 2.24) is 9.97 Å². The van der Waals surface area contributed by atoms with Crippen molar-refractivity contribution < 1.29 is 20.1 Å². The normalized spacial score (nSPS) is 25.4. The fourth-order valence-corrected chi connectivity index (χ4v) is 3.59. The Hall–Kier alpha value is -1.24. The van der Waals surface area contributed by atoms with Gasteiger partial charge in [0.05, 0.1) is 30.6 Å². The molecular weight excluding hydrogens is 386 g/mol. The molecule has 0 spiro atoms. The van der Waals surface area contributed by atoms with Crippen molar-refractivity contribution in [3.63, 3.8) is 0 Å². The van der Waals surface area contributed by atoms with Crippen molar-refractivity contribution in [2.24, 2.45) is 5.29 Å². The van der Waals surface area contributed by atoms with E-state index in [1.807, 2.05) is 6.92 Å². The number of aromatic nitrogens is 2. The Morgan fingerprint density at radius 1 is 1.42 bits per heavy atom. The maximum atomic E-state index is 11.5. The number of rotatable bonds is 9. The summed E-state index contributed by atoms with van der Waals surface area (Å²) >= 11 is 7.39. The molecule has 0 amide bonds. The number of halogens is 1. The molecule has 0 aromatic carbocycles. The van der Waals surface area contributed by atoms with Crippen LogP contribution in [-0.2, 0) is 4.74 Å². The first-order valence-corrected chi connectivity index (χ1v) is 9.47. The number of anilines is 2. The lowest BCUT2D eigenvalue weighted by molar-refractivity contribution is -0.0616. The van der Waals surface area contributed by atoms with Crippen LogP contribution in [0.1, 0.15) is 19.8 Å². The molecule has 1 saturated carbocycles. The first-order chi connectivity index (χ1) is 12.4. The number of hydrogen-bond donors (Lipinski definition) is 4. The SMILES string of the molecule is CCCSc1nc(Cl)c(N)c(N(N=O)C2CC(OCCO)C(O)C2O)n1. The highest BCUT2D eigenvalue weighted by Crippen LogP contribution is 2.36.